The number of anilines is 2. The van der Waals surface area contributed by atoms with E-state index in [-0.39, 0.29) is 40.8 Å². The van der Waals surface area contributed by atoms with Crippen molar-refractivity contribution in [1.82, 2.24) is 25.3 Å². The van der Waals surface area contributed by atoms with Crippen molar-refractivity contribution in [3.8, 4) is 17.3 Å². The number of carbonyl (C=O) groups is 1. The van der Waals surface area contributed by atoms with Crippen molar-refractivity contribution in [2.24, 2.45) is 0 Å². The Balaban J connectivity index is 1.70. The van der Waals surface area contributed by atoms with Gasteiger partial charge in [0.25, 0.3) is 0 Å². The average molecular weight is 424 g/mol. The fourth-order valence-electron chi connectivity index (χ4n) is 3.14. The van der Waals surface area contributed by atoms with Crippen molar-refractivity contribution in [3.05, 3.63) is 60.1 Å². The Morgan fingerprint density at radius 1 is 1.13 bits per heavy atom. The molecule has 158 valence electrons. The number of hydrogen-bond acceptors (Lipinski definition) is 6. The molecule has 0 atom stereocenters. The normalized spacial score (nSPS) is 10.9. The van der Waals surface area contributed by atoms with Crippen LogP contribution in [-0.4, -0.2) is 37.5 Å². The molecular formula is C21H18F2N6O2. The minimum absolute atomic E-state index is 0.0796. The van der Waals surface area contributed by atoms with Crippen LogP contribution in [0.25, 0.3) is 22.3 Å². The van der Waals surface area contributed by atoms with Crippen LogP contribution in [0, 0.1) is 11.6 Å². The summed E-state index contributed by atoms with van der Waals surface area (Å²) in [5.41, 5.74) is 1.27. The largest absolute Gasteiger partial charge is 0.494 e. The summed E-state index contributed by atoms with van der Waals surface area (Å²) in [5.74, 6) is -2.11. The van der Waals surface area contributed by atoms with Crippen LogP contribution in [0.5, 0.6) is 5.88 Å². The van der Waals surface area contributed by atoms with Crippen LogP contribution >= 0.6 is 0 Å². The van der Waals surface area contributed by atoms with Crippen molar-refractivity contribution in [3.63, 3.8) is 0 Å². The zero-order valence-corrected chi connectivity index (χ0v) is 16.4. The van der Waals surface area contributed by atoms with Crippen molar-refractivity contribution in [2.75, 3.05) is 11.9 Å². The first-order valence-electron chi connectivity index (χ1n) is 9.46. The highest BCUT2D eigenvalue weighted by Gasteiger charge is 2.20. The van der Waals surface area contributed by atoms with Crippen LogP contribution < -0.4 is 10.6 Å². The molecule has 31 heavy (non-hydrogen) atoms. The van der Waals surface area contributed by atoms with Crippen LogP contribution in [0.2, 0.25) is 0 Å². The number of fused-ring (bicyclic) bond motifs is 1. The maximum Gasteiger partial charge on any atom is 0.224 e. The zero-order valence-electron chi connectivity index (χ0n) is 16.4. The summed E-state index contributed by atoms with van der Waals surface area (Å²) in [7, 11) is 0. The van der Waals surface area contributed by atoms with Gasteiger partial charge in [0.05, 0.1) is 29.9 Å². The molecule has 4 aromatic rings. The van der Waals surface area contributed by atoms with Crippen molar-refractivity contribution in [2.45, 2.75) is 13.3 Å². The molecule has 0 unspecified atom stereocenters. The van der Waals surface area contributed by atoms with Gasteiger partial charge in [0.1, 0.15) is 11.2 Å². The van der Waals surface area contributed by atoms with E-state index in [1.807, 2.05) is 6.92 Å². The molecule has 0 bridgehead atoms. The predicted octanol–water partition coefficient (Wildman–Crippen LogP) is 3.43. The second-order valence-corrected chi connectivity index (χ2v) is 6.72. The van der Waals surface area contributed by atoms with Crippen LogP contribution in [0.1, 0.15) is 12.5 Å². The molecule has 0 aliphatic carbocycles. The second-order valence-electron chi connectivity index (χ2n) is 6.72. The van der Waals surface area contributed by atoms with E-state index in [1.54, 1.807) is 24.3 Å². The lowest BCUT2D eigenvalue weighted by Gasteiger charge is -2.11. The number of halogens is 2. The number of benzene rings is 1. The molecule has 3 heterocycles. The molecule has 4 rings (SSSR count). The molecule has 10 heteroatoms. The summed E-state index contributed by atoms with van der Waals surface area (Å²) >= 11 is 0. The average Bonchev–Trinajstić information content (AvgIpc) is 3.11. The van der Waals surface area contributed by atoms with Gasteiger partial charge in [-0.25, -0.2) is 18.7 Å². The van der Waals surface area contributed by atoms with Crippen molar-refractivity contribution in [1.29, 1.82) is 0 Å². The Labute approximate surface area is 175 Å². The fourth-order valence-corrected chi connectivity index (χ4v) is 3.14. The first-order valence-corrected chi connectivity index (χ1v) is 9.46. The van der Waals surface area contributed by atoms with E-state index in [9.17, 15) is 18.7 Å². The lowest BCUT2D eigenvalue weighted by Crippen LogP contribution is -2.24. The first-order chi connectivity index (χ1) is 15.0. The summed E-state index contributed by atoms with van der Waals surface area (Å²) in [6.07, 6.45) is 3.41. The lowest BCUT2D eigenvalue weighted by molar-refractivity contribution is -0.120. The number of nitrogens with one attached hydrogen (secondary N) is 3. The van der Waals surface area contributed by atoms with E-state index in [0.717, 1.165) is 18.0 Å². The summed E-state index contributed by atoms with van der Waals surface area (Å²) in [5, 5.41) is 16.2. The maximum atomic E-state index is 14.2. The van der Waals surface area contributed by atoms with Gasteiger partial charge in [0.2, 0.25) is 11.8 Å². The highest BCUT2D eigenvalue weighted by atomic mass is 19.1. The Hall–Kier alpha value is -4.08. The Morgan fingerprint density at radius 3 is 2.52 bits per heavy atom. The highest BCUT2D eigenvalue weighted by Crippen LogP contribution is 2.34. The molecule has 0 saturated carbocycles. The third kappa shape index (κ3) is 4.13. The van der Waals surface area contributed by atoms with E-state index in [2.05, 4.69) is 30.6 Å². The number of rotatable bonds is 6. The van der Waals surface area contributed by atoms with Gasteiger partial charge in [-0.3, -0.25) is 9.78 Å². The number of aromatic nitrogens is 4. The summed E-state index contributed by atoms with van der Waals surface area (Å²) in [6, 6.07) is 7.02. The van der Waals surface area contributed by atoms with E-state index >= 15 is 0 Å². The number of likely N-dealkylation sites (N-methyl/N-ethyl adjacent to an activating group) is 1. The standard InChI is InChI=1S/C21H18F2N6O2/c1-2-25-16(30)7-11-3-5-12(6-4-11)27-20-18-15(10-26-21(18)31)28-19(29-20)17-13(22)8-24-9-14(17)23/h3-6,8-10,26,31H,2,7H2,1H3,(H,25,30)(H,27,28,29). The number of nitrogens with zero attached hydrogens (tertiary/aromatic N) is 3. The monoisotopic (exact) mass is 424 g/mol. The van der Waals surface area contributed by atoms with E-state index in [1.165, 1.54) is 6.20 Å². The Morgan fingerprint density at radius 2 is 1.84 bits per heavy atom. The van der Waals surface area contributed by atoms with Crippen molar-refractivity contribution >= 4 is 28.3 Å². The van der Waals surface area contributed by atoms with Crippen LogP contribution in [-0.2, 0) is 11.2 Å². The molecule has 0 fully saturated rings. The molecule has 8 nitrogen and oxygen atoms in total. The van der Waals surface area contributed by atoms with E-state index in [0.29, 0.717) is 12.2 Å². The smallest absolute Gasteiger partial charge is 0.224 e. The van der Waals surface area contributed by atoms with E-state index < -0.39 is 17.2 Å². The molecule has 3 aromatic heterocycles. The predicted molar refractivity (Wildman–Crippen MR) is 111 cm³/mol. The highest BCUT2D eigenvalue weighted by molar-refractivity contribution is 5.96. The number of amides is 1. The molecule has 0 spiro atoms. The van der Waals surface area contributed by atoms with Crippen molar-refractivity contribution < 1.29 is 18.7 Å². The van der Waals surface area contributed by atoms with Gasteiger partial charge < -0.3 is 20.7 Å². The fraction of sp³-hybridized carbons (Fsp3) is 0.143. The van der Waals surface area contributed by atoms with Crippen LogP contribution in [0.3, 0.4) is 0 Å². The zero-order chi connectivity index (χ0) is 22.0. The van der Waals surface area contributed by atoms with Gasteiger partial charge in [0, 0.05) is 18.4 Å². The summed E-state index contributed by atoms with van der Waals surface area (Å²) in [6.45, 7) is 2.41. The minimum Gasteiger partial charge on any atom is -0.494 e. The van der Waals surface area contributed by atoms with Gasteiger partial charge in [-0.15, -0.1) is 0 Å². The molecule has 0 saturated heterocycles. The molecule has 1 aromatic carbocycles. The van der Waals surface area contributed by atoms with Crippen LogP contribution in [0.4, 0.5) is 20.3 Å². The molecule has 0 aliphatic heterocycles. The Kier molecular flexibility index (Phi) is 5.44. The molecule has 0 aliphatic rings. The number of aromatic hydroxyl groups is 1. The number of carbonyl (C=O) groups excluding carboxylic acids is 1. The van der Waals surface area contributed by atoms with Gasteiger partial charge in [-0.1, -0.05) is 12.1 Å². The summed E-state index contributed by atoms with van der Waals surface area (Å²) in [4.78, 5) is 26.2. The number of aromatic amines is 1. The number of pyridine rings is 1. The molecule has 0 radical (unpaired) electrons. The van der Waals surface area contributed by atoms with Gasteiger partial charge >= 0.3 is 0 Å². The third-order valence-corrected chi connectivity index (χ3v) is 4.55. The molecular weight excluding hydrogens is 406 g/mol. The van der Waals surface area contributed by atoms with Gasteiger partial charge in [0.15, 0.2) is 17.5 Å². The topological polar surface area (TPSA) is 116 Å². The lowest BCUT2D eigenvalue weighted by atomic mass is 10.1. The quantitative estimate of drug-likeness (QED) is 0.377. The SMILES string of the molecule is CCNC(=O)Cc1ccc(Nc2nc(-c3c(F)cncc3F)nc3c[nH]c(O)c23)cc1. The Bertz CT molecular complexity index is 1240. The molecule has 1 amide bonds. The van der Waals surface area contributed by atoms with Gasteiger partial charge in [-0.05, 0) is 24.6 Å². The molecule has 4 N–H and O–H groups in total. The third-order valence-electron chi connectivity index (χ3n) is 4.55. The first kappa shape index (κ1) is 20.2. The van der Waals surface area contributed by atoms with Gasteiger partial charge in [-0.2, -0.15) is 0 Å². The second kappa shape index (κ2) is 8.34. The minimum atomic E-state index is -0.903. The number of hydrogen-bond donors (Lipinski definition) is 4. The van der Waals surface area contributed by atoms with E-state index in [4.69, 9.17) is 0 Å². The summed E-state index contributed by atoms with van der Waals surface area (Å²) < 4.78 is 28.4. The van der Waals surface area contributed by atoms with Crippen LogP contribution in [0.15, 0.2) is 42.9 Å². The number of H-pyrrole nitrogens is 1. The maximum absolute atomic E-state index is 14.2.